The Morgan fingerprint density at radius 2 is 2.08 bits per heavy atom. The molecule has 134 valence electrons. The molecule has 0 saturated carbocycles. The van der Waals surface area contributed by atoms with Crippen LogP contribution in [0.2, 0.25) is 0 Å². The smallest absolute Gasteiger partial charge is 0.265 e. The van der Waals surface area contributed by atoms with E-state index in [-0.39, 0.29) is 29.2 Å². The predicted molar refractivity (Wildman–Crippen MR) is 92.4 cm³/mol. The first-order valence-electron chi connectivity index (χ1n) is 8.01. The van der Waals surface area contributed by atoms with Crippen LogP contribution in [0.25, 0.3) is 0 Å². The molecule has 0 bridgehead atoms. The van der Waals surface area contributed by atoms with Crippen LogP contribution in [0, 0.1) is 5.92 Å². The van der Waals surface area contributed by atoms with E-state index in [4.69, 9.17) is 10.5 Å². The lowest BCUT2D eigenvalue weighted by molar-refractivity contribution is 0.0917. The van der Waals surface area contributed by atoms with Crippen molar-refractivity contribution in [3.8, 4) is 0 Å². The Morgan fingerprint density at radius 1 is 1.36 bits per heavy atom. The Hall–Kier alpha value is -2.16. The molecule has 0 spiro atoms. The molecule has 8 heteroatoms. The van der Waals surface area contributed by atoms with Gasteiger partial charge in [0.05, 0.1) is 6.10 Å². The minimum Gasteiger partial charge on any atom is -0.373 e. The number of nitrogens with zero attached hydrogens (tertiary/aromatic N) is 1. The molecule has 2 aromatic rings. The fourth-order valence-corrected chi connectivity index (χ4v) is 4.24. The summed E-state index contributed by atoms with van der Waals surface area (Å²) in [6.45, 7) is 0.867. The van der Waals surface area contributed by atoms with E-state index in [1.807, 2.05) is 30.3 Å². The van der Waals surface area contributed by atoms with Crippen molar-refractivity contribution in [2.45, 2.75) is 17.4 Å². The molecule has 25 heavy (non-hydrogen) atoms. The average Bonchev–Trinajstić information content (AvgIpc) is 3.20. The maximum atomic E-state index is 12.5. The number of benzene rings is 1. The molecule has 1 saturated heterocycles. The van der Waals surface area contributed by atoms with E-state index in [0.29, 0.717) is 6.61 Å². The second-order valence-corrected chi connectivity index (χ2v) is 7.91. The van der Waals surface area contributed by atoms with Gasteiger partial charge in [0.1, 0.15) is 10.6 Å². The molecule has 1 aromatic heterocycles. The fourth-order valence-electron chi connectivity index (χ4n) is 3.08. The van der Waals surface area contributed by atoms with Crippen molar-refractivity contribution in [2.24, 2.45) is 18.7 Å². The molecule has 0 aliphatic carbocycles. The zero-order valence-corrected chi connectivity index (χ0v) is 14.7. The molecule has 0 radical (unpaired) electrons. The maximum Gasteiger partial charge on any atom is 0.265 e. The number of nitrogens with two attached hydrogens (primary N) is 1. The molecule has 1 aliphatic heterocycles. The van der Waals surface area contributed by atoms with Crippen molar-refractivity contribution >= 4 is 15.9 Å². The number of hydrogen-bond donors (Lipinski definition) is 2. The van der Waals surface area contributed by atoms with Crippen molar-refractivity contribution in [2.75, 3.05) is 13.2 Å². The first-order valence-corrected chi connectivity index (χ1v) is 9.49. The summed E-state index contributed by atoms with van der Waals surface area (Å²) in [6.07, 6.45) is 2.03. The molecule has 1 aliphatic rings. The monoisotopic (exact) mass is 363 g/mol. The number of rotatable bonds is 6. The maximum absolute atomic E-state index is 12.5. The Kier molecular flexibility index (Phi) is 4.94. The summed E-state index contributed by atoms with van der Waals surface area (Å²) in [7, 11) is -2.14. The number of aromatic nitrogens is 1. The van der Waals surface area contributed by atoms with Crippen molar-refractivity contribution in [1.29, 1.82) is 0 Å². The van der Waals surface area contributed by atoms with Crippen LogP contribution < -0.4 is 10.5 Å². The molecule has 3 rings (SSSR count). The Morgan fingerprint density at radius 3 is 2.72 bits per heavy atom. The summed E-state index contributed by atoms with van der Waals surface area (Å²) < 4.78 is 34.8. The van der Waals surface area contributed by atoms with Crippen LogP contribution in [0.15, 0.2) is 47.5 Å². The minimum absolute atomic E-state index is 0.0268. The number of aryl methyl sites for hydroxylation is 1. The second kappa shape index (κ2) is 6.99. The van der Waals surface area contributed by atoms with Gasteiger partial charge < -0.3 is 15.0 Å². The van der Waals surface area contributed by atoms with Crippen molar-refractivity contribution in [3.05, 3.63) is 53.9 Å². The molecule has 2 atom stereocenters. The van der Waals surface area contributed by atoms with Gasteiger partial charge in [0.15, 0.2) is 0 Å². The Balaban J connectivity index is 1.72. The number of primary amides is 1. The van der Waals surface area contributed by atoms with Crippen molar-refractivity contribution in [1.82, 2.24) is 9.29 Å². The molecule has 1 amide bonds. The van der Waals surface area contributed by atoms with Gasteiger partial charge in [-0.2, -0.15) is 0 Å². The minimum atomic E-state index is -3.72. The van der Waals surface area contributed by atoms with Gasteiger partial charge in [-0.15, -0.1) is 0 Å². The number of sulfonamides is 1. The van der Waals surface area contributed by atoms with Crippen LogP contribution >= 0.6 is 0 Å². The Labute approximate surface area is 146 Å². The highest BCUT2D eigenvalue weighted by molar-refractivity contribution is 7.89. The zero-order chi connectivity index (χ0) is 18.0. The largest absolute Gasteiger partial charge is 0.373 e. The molecule has 0 unspecified atom stereocenters. The van der Waals surface area contributed by atoms with Gasteiger partial charge in [-0.05, 0) is 18.1 Å². The van der Waals surface area contributed by atoms with E-state index in [2.05, 4.69) is 4.72 Å². The standard InChI is InChI=1S/C17H21N3O4S/c1-20-11-14(9-15(20)17(18)21)25(22,23)19-10-13-7-8-24-16(13)12-5-3-2-4-6-12/h2-6,9,11,13,16,19H,7-8,10H2,1H3,(H2,18,21)/t13-,16-/m0/s1. The SMILES string of the molecule is Cn1cc(S(=O)(=O)NC[C@@H]2CCO[C@H]2c2ccccc2)cc1C(N)=O. The average molecular weight is 363 g/mol. The van der Waals surface area contributed by atoms with Gasteiger partial charge in [0.25, 0.3) is 5.91 Å². The Bertz CT molecular complexity index is 861. The van der Waals surface area contributed by atoms with Crippen LogP contribution in [0.5, 0.6) is 0 Å². The van der Waals surface area contributed by atoms with Crippen molar-refractivity contribution < 1.29 is 17.9 Å². The molecule has 1 fully saturated rings. The highest BCUT2D eigenvalue weighted by atomic mass is 32.2. The third-order valence-corrected chi connectivity index (χ3v) is 5.81. The van der Waals surface area contributed by atoms with Gasteiger partial charge in [-0.3, -0.25) is 4.79 Å². The molecule has 3 N–H and O–H groups in total. The number of ether oxygens (including phenoxy) is 1. The van der Waals surface area contributed by atoms with E-state index >= 15 is 0 Å². The highest BCUT2D eigenvalue weighted by Gasteiger charge is 2.31. The summed E-state index contributed by atoms with van der Waals surface area (Å²) in [5.74, 6) is -0.617. The third kappa shape index (κ3) is 3.76. The molecule has 2 heterocycles. The quantitative estimate of drug-likeness (QED) is 0.804. The molecule has 1 aromatic carbocycles. The number of amides is 1. The van der Waals surface area contributed by atoms with Crippen LogP contribution in [0.4, 0.5) is 0 Å². The first-order chi connectivity index (χ1) is 11.9. The lowest BCUT2D eigenvalue weighted by Crippen LogP contribution is -2.30. The van der Waals surface area contributed by atoms with Crippen LogP contribution in [0.1, 0.15) is 28.6 Å². The van der Waals surface area contributed by atoms with Gasteiger partial charge in [0.2, 0.25) is 10.0 Å². The van der Waals surface area contributed by atoms with E-state index in [0.717, 1.165) is 12.0 Å². The van der Waals surface area contributed by atoms with E-state index in [1.165, 1.54) is 16.8 Å². The van der Waals surface area contributed by atoms with Crippen molar-refractivity contribution in [3.63, 3.8) is 0 Å². The van der Waals surface area contributed by atoms with Gasteiger partial charge >= 0.3 is 0 Å². The number of nitrogens with one attached hydrogen (secondary N) is 1. The normalized spacial score (nSPS) is 20.7. The summed E-state index contributed by atoms with van der Waals surface area (Å²) in [5.41, 5.74) is 6.42. The van der Waals surface area contributed by atoms with Gasteiger partial charge in [0, 0.05) is 32.3 Å². The second-order valence-electron chi connectivity index (χ2n) is 6.14. The number of carbonyl (C=O) groups is 1. The lowest BCUT2D eigenvalue weighted by atomic mass is 9.96. The summed E-state index contributed by atoms with van der Waals surface area (Å²) in [6, 6.07) is 11.1. The molecular weight excluding hydrogens is 342 g/mol. The third-order valence-electron chi connectivity index (χ3n) is 4.42. The summed E-state index contributed by atoms with van der Waals surface area (Å²) in [4.78, 5) is 11.3. The molecular formula is C17H21N3O4S. The predicted octanol–water partition coefficient (Wildman–Crippen LogP) is 1.18. The van der Waals surface area contributed by atoms with Crippen LogP contribution in [0.3, 0.4) is 0 Å². The number of hydrogen-bond acceptors (Lipinski definition) is 4. The number of carbonyl (C=O) groups excluding carboxylic acids is 1. The summed E-state index contributed by atoms with van der Waals surface area (Å²) in [5, 5.41) is 0. The van der Waals surface area contributed by atoms with E-state index in [9.17, 15) is 13.2 Å². The van der Waals surface area contributed by atoms with E-state index in [1.54, 1.807) is 7.05 Å². The first kappa shape index (κ1) is 17.7. The van der Waals surface area contributed by atoms with Gasteiger partial charge in [-0.1, -0.05) is 30.3 Å². The fraction of sp³-hybridized carbons (Fsp3) is 0.353. The topological polar surface area (TPSA) is 103 Å². The highest BCUT2D eigenvalue weighted by Crippen LogP contribution is 2.34. The van der Waals surface area contributed by atoms with E-state index < -0.39 is 15.9 Å². The molecule has 7 nitrogen and oxygen atoms in total. The zero-order valence-electron chi connectivity index (χ0n) is 13.9. The van der Waals surface area contributed by atoms with Crippen LogP contribution in [-0.2, 0) is 21.8 Å². The van der Waals surface area contributed by atoms with Crippen LogP contribution in [-0.4, -0.2) is 32.0 Å². The lowest BCUT2D eigenvalue weighted by Gasteiger charge is -2.19. The van der Waals surface area contributed by atoms with Gasteiger partial charge in [-0.25, -0.2) is 13.1 Å². The summed E-state index contributed by atoms with van der Waals surface area (Å²) >= 11 is 0.